The summed E-state index contributed by atoms with van der Waals surface area (Å²) in [7, 11) is 0. The fraction of sp³-hybridized carbons (Fsp3) is 0.526. The summed E-state index contributed by atoms with van der Waals surface area (Å²) >= 11 is 1.02. The highest BCUT2D eigenvalue weighted by Crippen LogP contribution is 2.41. The number of nitriles is 1. The predicted molar refractivity (Wildman–Crippen MR) is 104 cm³/mol. The number of anilines is 1. The van der Waals surface area contributed by atoms with Crippen molar-refractivity contribution in [1.82, 2.24) is 0 Å². The van der Waals surface area contributed by atoms with Crippen molar-refractivity contribution in [3.05, 3.63) is 16.5 Å². The van der Waals surface area contributed by atoms with Gasteiger partial charge in [-0.15, -0.1) is 11.3 Å². The van der Waals surface area contributed by atoms with E-state index in [-0.39, 0.29) is 17.2 Å². The Morgan fingerprint density at radius 2 is 1.55 bits per heavy atom. The van der Waals surface area contributed by atoms with Crippen LogP contribution in [0, 0.1) is 11.3 Å². The third-order valence-electron chi connectivity index (χ3n) is 4.17. The van der Waals surface area contributed by atoms with E-state index < -0.39 is 54.4 Å². The van der Waals surface area contributed by atoms with Crippen molar-refractivity contribution >= 4 is 40.2 Å². The third kappa shape index (κ3) is 6.16. The fourth-order valence-electron chi connectivity index (χ4n) is 3.11. The molecule has 1 saturated heterocycles. The summed E-state index contributed by atoms with van der Waals surface area (Å²) in [4.78, 5) is 47.1. The van der Waals surface area contributed by atoms with E-state index in [2.05, 4.69) is 0 Å². The van der Waals surface area contributed by atoms with Gasteiger partial charge in [-0.25, -0.2) is 0 Å². The summed E-state index contributed by atoms with van der Waals surface area (Å²) in [5, 5.41) is 9.43. The molecule has 1 aliphatic heterocycles. The van der Waals surface area contributed by atoms with Crippen LogP contribution in [-0.2, 0) is 42.9 Å². The van der Waals surface area contributed by atoms with Gasteiger partial charge in [0.15, 0.2) is 18.3 Å². The zero-order chi connectivity index (χ0) is 23.3. The van der Waals surface area contributed by atoms with Crippen LogP contribution in [0.15, 0.2) is 6.07 Å². The highest BCUT2D eigenvalue weighted by molar-refractivity contribution is 7.16. The molecule has 1 aliphatic rings. The van der Waals surface area contributed by atoms with Gasteiger partial charge in [0.1, 0.15) is 29.9 Å². The number of thiophene rings is 1. The molecule has 0 aromatic carbocycles. The molecule has 2 heterocycles. The molecule has 0 spiro atoms. The molecule has 2 rings (SSSR count). The van der Waals surface area contributed by atoms with Gasteiger partial charge in [-0.3, -0.25) is 19.2 Å². The molecule has 0 radical (unpaired) electrons. The molecule has 5 atom stereocenters. The molecule has 31 heavy (non-hydrogen) atoms. The monoisotopic (exact) mass is 454 g/mol. The summed E-state index contributed by atoms with van der Waals surface area (Å²) in [5.74, 6) is -2.76. The van der Waals surface area contributed by atoms with Crippen molar-refractivity contribution in [2.24, 2.45) is 0 Å². The summed E-state index contributed by atoms with van der Waals surface area (Å²) in [6.45, 7) is 4.28. The van der Waals surface area contributed by atoms with Crippen molar-refractivity contribution in [1.29, 1.82) is 5.26 Å². The van der Waals surface area contributed by atoms with Crippen molar-refractivity contribution in [3.8, 4) is 6.07 Å². The highest BCUT2D eigenvalue weighted by Gasteiger charge is 2.53. The Balaban J connectivity index is 2.56. The first kappa shape index (κ1) is 24.1. The molecule has 0 bridgehead atoms. The zero-order valence-electron chi connectivity index (χ0n) is 17.3. The quantitative estimate of drug-likeness (QED) is 0.481. The number of carbonyl (C=O) groups is 4. The first-order valence-corrected chi connectivity index (χ1v) is 9.94. The smallest absolute Gasteiger partial charge is 0.303 e. The lowest BCUT2D eigenvalue weighted by Crippen LogP contribution is -2.59. The second-order valence-electron chi connectivity index (χ2n) is 6.66. The van der Waals surface area contributed by atoms with Crippen LogP contribution < -0.4 is 5.73 Å². The van der Waals surface area contributed by atoms with Crippen LogP contribution in [0.1, 0.15) is 44.2 Å². The van der Waals surface area contributed by atoms with Crippen LogP contribution in [-0.4, -0.2) is 54.9 Å². The SMILES string of the molecule is CC(=O)OC[C@H]1O[C@H](c2cc(C#N)c(N)s2)[C@H](OC(C)=O)[C@@H](OC(C)=O)[C@@H]1OC(C)=O. The van der Waals surface area contributed by atoms with Gasteiger partial charge in [0.25, 0.3) is 0 Å². The molecule has 168 valence electrons. The van der Waals surface area contributed by atoms with E-state index in [1.807, 2.05) is 6.07 Å². The van der Waals surface area contributed by atoms with E-state index in [0.717, 1.165) is 32.1 Å². The van der Waals surface area contributed by atoms with Gasteiger partial charge >= 0.3 is 23.9 Å². The van der Waals surface area contributed by atoms with Crippen molar-refractivity contribution in [2.75, 3.05) is 12.3 Å². The van der Waals surface area contributed by atoms with Crippen molar-refractivity contribution in [3.63, 3.8) is 0 Å². The summed E-state index contributed by atoms with van der Waals surface area (Å²) < 4.78 is 27.1. The Labute approximate surface area is 181 Å². The lowest BCUT2D eigenvalue weighted by atomic mass is 9.93. The highest BCUT2D eigenvalue weighted by atomic mass is 32.1. The van der Waals surface area contributed by atoms with Crippen LogP contribution in [0.2, 0.25) is 0 Å². The molecular formula is C19H22N2O9S. The zero-order valence-corrected chi connectivity index (χ0v) is 18.1. The lowest BCUT2D eigenvalue weighted by molar-refractivity contribution is -0.254. The molecule has 1 aromatic rings. The Kier molecular flexibility index (Phi) is 7.95. The molecule has 0 aliphatic carbocycles. The largest absolute Gasteiger partial charge is 0.463 e. The molecule has 11 nitrogen and oxygen atoms in total. The van der Waals surface area contributed by atoms with E-state index in [9.17, 15) is 24.4 Å². The maximum atomic E-state index is 11.8. The van der Waals surface area contributed by atoms with Crippen LogP contribution >= 0.6 is 11.3 Å². The Bertz CT molecular complexity index is 907. The third-order valence-corrected chi connectivity index (χ3v) is 5.20. The molecule has 0 unspecified atom stereocenters. The Morgan fingerprint density at radius 3 is 2.03 bits per heavy atom. The molecular weight excluding hydrogens is 432 g/mol. The molecule has 0 amide bonds. The van der Waals surface area contributed by atoms with Gasteiger partial charge in [-0.05, 0) is 6.07 Å². The van der Waals surface area contributed by atoms with Crippen molar-refractivity contribution in [2.45, 2.75) is 58.2 Å². The second-order valence-corrected chi connectivity index (χ2v) is 7.77. The Morgan fingerprint density at radius 1 is 1.00 bits per heavy atom. The number of nitrogen functional groups attached to an aromatic ring is 1. The number of esters is 4. The maximum absolute atomic E-state index is 11.8. The van der Waals surface area contributed by atoms with Gasteiger partial charge in [-0.1, -0.05) is 0 Å². The standard InChI is InChI=1S/C19H22N2O9S/c1-8(22)26-7-13-15(27-9(2)23)17(28-10(3)24)18(29-11(4)25)16(30-13)14-5-12(6-20)19(21)31-14/h5,13,15-18H,7,21H2,1-4H3/t13-,15-,16-,17+,18+/m1/s1. The molecule has 2 N–H and O–H groups in total. The minimum atomic E-state index is -1.28. The first-order chi connectivity index (χ1) is 14.5. The summed E-state index contributed by atoms with van der Waals surface area (Å²) in [5.41, 5.74) is 6.04. The molecule has 0 saturated carbocycles. The number of hydrogen-bond acceptors (Lipinski definition) is 12. The second kappa shape index (κ2) is 10.2. The number of nitrogens with zero attached hydrogens (tertiary/aromatic N) is 1. The van der Waals surface area contributed by atoms with Gasteiger partial charge < -0.3 is 29.4 Å². The minimum Gasteiger partial charge on any atom is -0.463 e. The van der Waals surface area contributed by atoms with E-state index in [1.54, 1.807) is 0 Å². The van der Waals surface area contributed by atoms with Gasteiger partial charge in [0, 0.05) is 32.6 Å². The number of rotatable bonds is 6. The van der Waals surface area contributed by atoms with Gasteiger partial charge in [0.2, 0.25) is 0 Å². The maximum Gasteiger partial charge on any atom is 0.303 e. The molecule has 12 heteroatoms. The number of nitrogens with two attached hydrogens (primary N) is 1. The first-order valence-electron chi connectivity index (χ1n) is 9.13. The van der Waals surface area contributed by atoms with Crippen LogP contribution in [0.4, 0.5) is 5.00 Å². The molecule has 1 aromatic heterocycles. The summed E-state index contributed by atoms with van der Waals surface area (Å²) in [6.07, 6.45) is -5.87. The topological polar surface area (TPSA) is 164 Å². The fourth-order valence-corrected chi connectivity index (χ4v) is 4.06. The average Bonchev–Trinajstić information content (AvgIpc) is 3.02. The number of ether oxygens (including phenoxy) is 5. The average molecular weight is 454 g/mol. The predicted octanol–water partition coefficient (Wildman–Crippen LogP) is 1.00. The van der Waals surface area contributed by atoms with Gasteiger partial charge in [0.05, 0.1) is 5.56 Å². The molecule has 1 fully saturated rings. The van der Waals surface area contributed by atoms with E-state index in [1.165, 1.54) is 13.0 Å². The van der Waals surface area contributed by atoms with Crippen LogP contribution in [0.5, 0.6) is 0 Å². The van der Waals surface area contributed by atoms with Crippen LogP contribution in [0.3, 0.4) is 0 Å². The van der Waals surface area contributed by atoms with E-state index in [4.69, 9.17) is 29.4 Å². The van der Waals surface area contributed by atoms with Crippen LogP contribution in [0.25, 0.3) is 0 Å². The summed E-state index contributed by atoms with van der Waals surface area (Å²) in [6, 6.07) is 3.40. The van der Waals surface area contributed by atoms with Gasteiger partial charge in [-0.2, -0.15) is 5.26 Å². The lowest BCUT2D eigenvalue weighted by Gasteiger charge is -2.44. The normalized spacial score (nSPS) is 25.1. The van der Waals surface area contributed by atoms with E-state index in [0.29, 0.717) is 4.88 Å². The minimum absolute atomic E-state index is 0.188. The number of hydrogen-bond donors (Lipinski definition) is 1. The number of carbonyl (C=O) groups excluding carboxylic acids is 4. The van der Waals surface area contributed by atoms with Crippen molar-refractivity contribution < 1.29 is 42.9 Å². The Hall–Kier alpha value is -3.17. The van der Waals surface area contributed by atoms with E-state index >= 15 is 0 Å².